The summed E-state index contributed by atoms with van der Waals surface area (Å²) in [5.41, 5.74) is 3.22. The van der Waals surface area contributed by atoms with Crippen LogP contribution in [0.5, 0.6) is 0 Å². The molecular formula is C23H25FN2O. The zero-order chi connectivity index (χ0) is 18.8. The molecule has 0 spiro atoms. The Hall–Kier alpha value is -2.62. The molecule has 3 aromatic rings. The van der Waals surface area contributed by atoms with Gasteiger partial charge < -0.3 is 9.47 Å². The predicted octanol–water partition coefficient (Wildman–Crippen LogP) is 4.63. The van der Waals surface area contributed by atoms with Gasteiger partial charge in [-0.2, -0.15) is 0 Å². The molecule has 1 saturated heterocycles. The molecule has 2 heterocycles. The van der Waals surface area contributed by atoms with Crippen molar-refractivity contribution < 1.29 is 9.18 Å². The number of amides is 1. The normalized spacial score (nSPS) is 17.4. The SMILES string of the molecule is CC1CCCN(C(=O)Cc2cn(Cc3ccc(F)cc3)c3ccccc23)C1. The Morgan fingerprint density at radius 2 is 1.93 bits per heavy atom. The number of likely N-dealkylation sites (tertiary alicyclic amines) is 1. The summed E-state index contributed by atoms with van der Waals surface area (Å²) < 4.78 is 15.3. The number of aromatic nitrogens is 1. The number of nitrogens with zero attached hydrogens (tertiary/aromatic N) is 2. The highest BCUT2D eigenvalue weighted by Crippen LogP contribution is 2.24. The van der Waals surface area contributed by atoms with E-state index < -0.39 is 0 Å². The van der Waals surface area contributed by atoms with Crippen molar-refractivity contribution in [3.8, 4) is 0 Å². The first-order chi connectivity index (χ1) is 13.1. The average Bonchev–Trinajstić information content (AvgIpc) is 3.01. The summed E-state index contributed by atoms with van der Waals surface area (Å²) in [7, 11) is 0. The van der Waals surface area contributed by atoms with Crippen LogP contribution < -0.4 is 0 Å². The Bertz CT molecular complexity index is 945. The van der Waals surface area contributed by atoms with E-state index in [-0.39, 0.29) is 11.7 Å². The molecule has 1 aromatic heterocycles. The second-order valence-corrected chi connectivity index (χ2v) is 7.69. The van der Waals surface area contributed by atoms with Crippen LogP contribution in [-0.2, 0) is 17.8 Å². The van der Waals surface area contributed by atoms with Crippen LogP contribution in [0.4, 0.5) is 4.39 Å². The molecule has 0 aliphatic carbocycles. The zero-order valence-corrected chi connectivity index (χ0v) is 15.7. The van der Waals surface area contributed by atoms with Crippen LogP contribution in [0.15, 0.2) is 54.7 Å². The molecule has 4 rings (SSSR count). The second kappa shape index (κ2) is 7.55. The summed E-state index contributed by atoms with van der Waals surface area (Å²) in [5, 5.41) is 1.12. The summed E-state index contributed by atoms with van der Waals surface area (Å²) in [6, 6.07) is 14.8. The average molecular weight is 364 g/mol. The summed E-state index contributed by atoms with van der Waals surface area (Å²) in [4.78, 5) is 14.9. The molecule has 1 aliphatic heterocycles. The molecule has 4 heteroatoms. The highest BCUT2D eigenvalue weighted by molar-refractivity contribution is 5.89. The minimum atomic E-state index is -0.224. The van der Waals surface area contributed by atoms with Gasteiger partial charge in [0.25, 0.3) is 0 Å². The third-order valence-electron chi connectivity index (χ3n) is 5.49. The van der Waals surface area contributed by atoms with Gasteiger partial charge in [0, 0.05) is 36.7 Å². The number of halogens is 1. The van der Waals surface area contributed by atoms with Crippen LogP contribution in [0.3, 0.4) is 0 Å². The Morgan fingerprint density at radius 3 is 2.70 bits per heavy atom. The fourth-order valence-corrected chi connectivity index (χ4v) is 4.07. The van der Waals surface area contributed by atoms with E-state index in [9.17, 15) is 9.18 Å². The third-order valence-corrected chi connectivity index (χ3v) is 5.49. The molecule has 1 aliphatic rings. The van der Waals surface area contributed by atoms with Gasteiger partial charge in [0.1, 0.15) is 5.82 Å². The molecular weight excluding hydrogens is 339 g/mol. The standard InChI is InChI=1S/C23H25FN2O/c1-17-5-4-12-25(14-17)23(27)13-19-16-26(22-7-3-2-6-21(19)22)15-18-8-10-20(24)11-9-18/h2-3,6-11,16-17H,4-5,12-15H2,1H3. The van der Waals surface area contributed by atoms with E-state index in [1.807, 2.05) is 29.2 Å². The van der Waals surface area contributed by atoms with E-state index in [1.165, 1.54) is 18.6 Å². The van der Waals surface area contributed by atoms with Gasteiger partial charge in [-0.25, -0.2) is 4.39 Å². The number of hydrogen-bond acceptors (Lipinski definition) is 1. The lowest BCUT2D eigenvalue weighted by Crippen LogP contribution is -2.39. The monoisotopic (exact) mass is 364 g/mol. The smallest absolute Gasteiger partial charge is 0.227 e. The van der Waals surface area contributed by atoms with Gasteiger partial charge in [-0.05, 0) is 48.1 Å². The largest absolute Gasteiger partial charge is 0.343 e. The lowest BCUT2D eigenvalue weighted by atomic mass is 9.99. The van der Waals surface area contributed by atoms with Gasteiger partial charge in [-0.1, -0.05) is 37.3 Å². The van der Waals surface area contributed by atoms with Crippen LogP contribution in [0.25, 0.3) is 10.9 Å². The maximum Gasteiger partial charge on any atom is 0.227 e. The lowest BCUT2D eigenvalue weighted by molar-refractivity contribution is -0.132. The number of piperidine rings is 1. The van der Waals surface area contributed by atoms with Crippen molar-refractivity contribution in [2.45, 2.75) is 32.7 Å². The lowest BCUT2D eigenvalue weighted by Gasteiger charge is -2.31. The number of fused-ring (bicyclic) bond motifs is 1. The molecule has 2 aromatic carbocycles. The Kier molecular flexibility index (Phi) is 4.97. The fourth-order valence-electron chi connectivity index (χ4n) is 4.07. The van der Waals surface area contributed by atoms with Gasteiger partial charge in [0.15, 0.2) is 0 Å². The van der Waals surface area contributed by atoms with E-state index in [1.54, 1.807) is 0 Å². The molecule has 140 valence electrons. The van der Waals surface area contributed by atoms with Crippen molar-refractivity contribution in [1.82, 2.24) is 9.47 Å². The molecule has 3 nitrogen and oxygen atoms in total. The number of rotatable bonds is 4. The highest BCUT2D eigenvalue weighted by Gasteiger charge is 2.22. The van der Waals surface area contributed by atoms with Crippen molar-refractivity contribution in [2.24, 2.45) is 5.92 Å². The van der Waals surface area contributed by atoms with E-state index in [0.29, 0.717) is 18.9 Å². The molecule has 1 amide bonds. The molecule has 1 atom stereocenters. The summed E-state index contributed by atoms with van der Waals surface area (Å²) >= 11 is 0. The van der Waals surface area contributed by atoms with Gasteiger partial charge in [0.2, 0.25) is 5.91 Å². The fraction of sp³-hybridized carbons (Fsp3) is 0.348. The maximum absolute atomic E-state index is 13.2. The van der Waals surface area contributed by atoms with Crippen molar-refractivity contribution in [3.05, 3.63) is 71.7 Å². The van der Waals surface area contributed by atoms with Crippen molar-refractivity contribution in [2.75, 3.05) is 13.1 Å². The second-order valence-electron chi connectivity index (χ2n) is 7.69. The molecule has 0 bridgehead atoms. The van der Waals surface area contributed by atoms with E-state index in [0.717, 1.165) is 41.5 Å². The van der Waals surface area contributed by atoms with Crippen molar-refractivity contribution >= 4 is 16.8 Å². The molecule has 0 saturated carbocycles. The predicted molar refractivity (Wildman–Crippen MR) is 106 cm³/mol. The number of hydrogen-bond donors (Lipinski definition) is 0. The Morgan fingerprint density at radius 1 is 1.15 bits per heavy atom. The summed E-state index contributed by atoms with van der Waals surface area (Å²) in [6.45, 7) is 4.62. The molecule has 1 unspecified atom stereocenters. The third kappa shape index (κ3) is 3.90. The minimum absolute atomic E-state index is 0.214. The minimum Gasteiger partial charge on any atom is -0.343 e. The van der Waals surface area contributed by atoms with Crippen molar-refractivity contribution in [1.29, 1.82) is 0 Å². The first-order valence-electron chi connectivity index (χ1n) is 9.69. The van der Waals surface area contributed by atoms with Gasteiger partial charge in [-0.3, -0.25) is 4.79 Å². The summed E-state index contributed by atoms with van der Waals surface area (Å²) in [6.07, 6.45) is 4.82. The van der Waals surface area contributed by atoms with Crippen LogP contribution in [-0.4, -0.2) is 28.5 Å². The molecule has 0 N–H and O–H groups in total. The number of benzene rings is 2. The van der Waals surface area contributed by atoms with Gasteiger partial charge in [0.05, 0.1) is 6.42 Å². The molecule has 0 radical (unpaired) electrons. The molecule has 27 heavy (non-hydrogen) atoms. The van der Waals surface area contributed by atoms with E-state index in [4.69, 9.17) is 0 Å². The maximum atomic E-state index is 13.2. The zero-order valence-electron chi connectivity index (χ0n) is 15.7. The topological polar surface area (TPSA) is 25.2 Å². The number of carbonyl (C=O) groups is 1. The van der Waals surface area contributed by atoms with Gasteiger partial charge in [-0.15, -0.1) is 0 Å². The van der Waals surface area contributed by atoms with E-state index >= 15 is 0 Å². The Balaban J connectivity index is 1.59. The Labute approximate surface area is 159 Å². The van der Waals surface area contributed by atoms with Crippen LogP contribution in [0.1, 0.15) is 30.9 Å². The van der Waals surface area contributed by atoms with Gasteiger partial charge >= 0.3 is 0 Å². The van der Waals surface area contributed by atoms with E-state index in [2.05, 4.69) is 29.8 Å². The highest BCUT2D eigenvalue weighted by atomic mass is 19.1. The van der Waals surface area contributed by atoms with Crippen LogP contribution in [0, 0.1) is 11.7 Å². The van der Waals surface area contributed by atoms with Crippen molar-refractivity contribution in [3.63, 3.8) is 0 Å². The quantitative estimate of drug-likeness (QED) is 0.663. The van der Waals surface area contributed by atoms with Crippen LogP contribution >= 0.6 is 0 Å². The summed E-state index contributed by atoms with van der Waals surface area (Å²) in [5.74, 6) is 0.576. The number of para-hydroxylation sites is 1. The first-order valence-corrected chi connectivity index (χ1v) is 9.69. The van der Waals surface area contributed by atoms with Crippen LogP contribution in [0.2, 0.25) is 0 Å². The first kappa shape index (κ1) is 17.8. The molecule has 1 fully saturated rings. The number of carbonyl (C=O) groups excluding carboxylic acids is 1.